The molecule has 1 heterocycles. The normalized spacial score (nSPS) is 21.3. The summed E-state index contributed by atoms with van der Waals surface area (Å²) in [6, 6.07) is 11.3. The molecule has 1 fully saturated rings. The number of aliphatic hydroxyl groups excluding tert-OH is 1. The average Bonchev–Trinajstić information content (AvgIpc) is 2.99. The fraction of sp³-hybridized carbons (Fsp3) is 0.375. The summed E-state index contributed by atoms with van der Waals surface area (Å²) < 4.78 is 4.35. The lowest BCUT2D eigenvalue weighted by molar-refractivity contribution is 0.0955. The molecule has 0 spiro atoms. The number of aliphatic hydroxyl groups is 1. The maximum atomic E-state index is 12.0. The second-order valence-corrected chi connectivity index (χ2v) is 6.30. The molecule has 2 atom stereocenters. The molecule has 0 saturated heterocycles. The Balaban J connectivity index is 1.59. The Morgan fingerprint density at radius 2 is 2.00 bits per heavy atom. The topological polar surface area (TPSA) is 74.2 Å². The van der Waals surface area contributed by atoms with Crippen molar-refractivity contribution in [3.8, 4) is 11.3 Å². The number of anilines is 1. The van der Waals surface area contributed by atoms with Crippen LogP contribution in [0, 0.1) is 0 Å². The van der Waals surface area contributed by atoms with Crippen molar-refractivity contribution in [2.45, 2.75) is 37.8 Å². The summed E-state index contributed by atoms with van der Waals surface area (Å²) in [7, 11) is 0. The third-order valence-electron chi connectivity index (χ3n) is 3.86. The van der Waals surface area contributed by atoms with E-state index in [0.717, 1.165) is 36.9 Å². The fourth-order valence-corrected chi connectivity index (χ4v) is 3.33. The van der Waals surface area contributed by atoms with Crippen molar-refractivity contribution in [2.24, 2.45) is 0 Å². The number of aromatic nitrogens is 1. The number of urea groups is 1. The lowest BCUT2D eigenvalue weighted by Gasteiger charge is -2.28. The van der Waals surface area contributed by atoms with Crippen molar-refractivity contribution < 1.29 is 9.90 Å². The van der Waals surface area contributed by atoms with E-state index in [1.54, 1.807) is 0 Å². The minimum Gasteiger partial charge on any atom is -0.391 e. The van der Waals surface area contributed by atoms with Crippen molar-refractivity contribution in [1.29, 1.82) is 0 Å². The summed E-state index contributed by atoms with van der Waals surface area (Å²) in [4.78, 5) is 12.0. The van der Waals surface area contributed by atoms with E-state index in [4.69, 9.17) is 0 Å². The zero-order chi connectivity index (χ0) is 15.4. The molecular formula is C16H19N3O2S. The van der Waals surface area contributed by atoms with Gasteiger partial charge in [-0.1, -0.05) is 43.2 Å². The van der Waals surface area contributed by atoms with Gasteiger partial charge in [0.05, 0.1) is 17.8 Å². The molecule has 22 heavy (non-hydrogen) atoms. The molecule has 3 rings (SSSR count). The smallest absolute Gasteiger partial charge is 0.320 e. The lowest BCUT2D eigenvalue weighted by Crippen LogP contribution is -2.46. The first-order chi connectivity index (χ1) is 10.7. The molecule has 0 aliphatic heterocycles. The summed E-state index contributed by atoms with van der Waals surface area (Å²) in [5.41, 5.74) is 1.87. The van der Waals surface area contributed by atoms with Gasteiger partial charge in [0.25, 0.3) is 0 Å². The molecule has 5 nitrogen and oxygen atoms in total. The van der Waals surface area contributed by atoms with Crippen LogP contribution in [-0.4, -0.2) is 27.7 Å². The maximum absolute atomic E-state index is 12.0. The highest BCUT2D eigenvalue weighted by Crippen LogP contribution is 2.25. The van der Waals surface area contributed by atoms with Crippen LogP contribution in [0.1, 0.15) is 25.7 Å². The number of carbonyl (C=O) groups excluding carboxylic acids is 1. The standard InChI is InChI=1S/C16H19N3O2S/c20-14-9-5-4-8-12(14)17-16(21)18-15-10-13(19-22-15)11-6-2-1-3-7-11/h1-3,6-7,10,12,14,20H,4-5,8-9H2,(H2,17,18,21). The Bertz CT molecular complexity index is 629. The van der Waals surface area contributed by atoms with Crippen LogP contribution in [0.4, 0.5) is 9.80 Å². The summed E-state index contributed by atoms with van der Waals surface area (Å²) in [5.74, 6) is 0. The Hall–Kier alpha value is -1.92. The zero-order valence-electron chi connectivity index (χ0n) is 12.2. The van der Waals surface area contributed by atoms with Crippen LogP contribution < -0.4 is 10.6 Å². The molecule has 0 bridgehead atoms. The molecule has 116 valence electrons. The second kappa shape index (κ2) is 6.89. The molecule has 3 N–H and O–H groups in total. The first kappa shape index (κ1) is 15.0. The van der Waals surface area contributed by atoms with Crippen LogP contribution >= 0.6 is 11.5 Å². The van der Waals surface area contributed by atoms with E-state index < -0.39 is 6.10 Å². The van der Waals surface area contributed by atoms with Crippen LogP contribution in [0.3, 0.4) is 0 Å². The molecular weight excluding hydrogens is 298 g/mol. The average molecular weight is 317 g/mol. The van der Waals surface area contributed by atoms with Crippen molar-refractivity contribution in [1.82, 2.24) is 9.69 Å². The number of benzene rings is 1. The predicted molar refractivity (Wildman–Crippen MR) is 88.0 cm³/mol. The third-order valence-corrected chi connectivity index (χ3v) is 4.57. The lowest BCUT2D eigenvalue weighted by atomic mass is 9.93. The van der Waals surface area contributed by atoms with Gasteiger partial charge in [-0.05, 0) is 24.4 Å². The number of hydrogen-bond acceptors (Lipinski definition) is 4. The predicted octanol–water partition coefficient (Wildman–Crippen LogP) is 3.24. The summed E-state index contributed by atoms with van der Waals surface area (Å²) in [5, 5.41) is 16.2. The molecule has 2 unspecified atom stereocenters. The number of nitrogens with zero attached hydrogens (tertiary/aromatic N) is 1. The van der Waals surface area contributed by atoms with E-state index in [-0.39, 0.29) is 12.1 Å². The highest BCUT2D eigenvalue weighted by Gasteiger charge is 2.24. The second-order valence-electron chi connectivity index (χ2n) is 5.50. The first-order valence-electron chi connectivity index (χ1n) is 7.50. The Kier molecular flexibility index (Phi) is 4.70. The Morgan fingerprint density at radius 1 is 1.23 bits per heavy atom. The molecule has 1 aromatic heterocycles. The van der Waals surface area contributed by atoms with Gasteiger partial charge in [-0.15, -0.1) is 0 Å². The minimum absolute atomic E-state index is 0.157. The van der Waals surface area contributed by atoms with Crippen LogP contribution in [0.5, 0.6) is 0 Å². The quantitative estimate of drug-likeness (QED) is 0.813. The molecule has 1 saturated carbocycles. The molecule has 2 amide bonds. The third kappa shape index (κ3) is 3.64. The van der Waals surface area contributed by atoms with E-state index in [0.29, 0.717) is 5.00 Å². The summed E-state index contributed by atoms with van der Waals surface area (Å²) in [6.45, 7) is 0. The van der Waals surface area contributed by atoms with E-state index in [9.17, 15) is 9.90 Å². The number of nitrogens with one attached hydrogen (secondary N) is 2. The highest BCUT2D eigenvalue weighted by atomic mass is 32.1. The SMILES string of the molecule is O=C(Nc1cc(-c2ccccc2)ns1)NC1CCCCC1O. The van der Waals surface area contributed by atoms with E-state index in [2.05, 4.69) is 15.0 Å². The van der Waals surface area contributed by atoms with Gasteiger partial charge in [0, 0.05) is 11.6 Å². The van der Waals surface area contributed by atoms with Crippen molar-refractivity contribution in [2.75, 3.05) is 5.32 Å². The van der Waals surface area contributed by atoms with Gasteiger partial charge >= 0.3 is 6.03 Å². The van der Waals surface area contributed by atoms with Gasteiger partial charge in [-0.3, -0.25) is 5.32 Å². The molecule has 6 heteroatoms. The number of hydrogen-bond donors (Lipinski definition) is 3. The zero-order valence-corrected chi connectivity index (χ0v) is 13.0. The molecule has 1 aliphatic rings. The fourth-order valence-electron chi connectivity index (χ4n) is 2.68. The monoisotopic (exact) mass is 317 g/mol. The number of rotatable bonds is 3. The minimum atomic E-state index is -0.444. The molecule has 1 aliphatic carbocycles. The summed E-state index contributed by atoms with van der Waals surface area (Å²) >= 11 is 1.25. The van der Waals surface area contributed by atoms with Gasteiger partial charge in [-0.2, -0.15) is 4.37 Å². The van der Waals surface area contributed by atoms with Crippen LogP contribution in [-0.2, 0) is 0 Å². The van der Waals surface area contributed by atoms with Crippen LogP contribution in [0.25, 0.3) is 11.3 Å². The van der Waals surface area contributed by atoms with Gasteiger partial charge in [0.1, 0.15) is 5.00 Å². The van der Waals surface area contributed by atoms with Gasteiger partial charge in [-0.25, -0.2) is 4.79 Å². The van der Waals surface area contributed by atoms with Crippen LogP contribution in [0.15, 0.2) is 36.4 Å². The Labute approximate surface area is 133 Å². The van der Waals surface area contributed by atoms with E-state index in [1.807, 2.05) is 36.4 Å². The van der Waals surface area contributed by atoms with E-state index in [1.165, 1.54) is 11.5 Å². The first-order valence-corrected chi connectivity index (χ1v) is 8.27. The van der Waals surface area contributed by atoms with Crippen molar-refractivity contribution in [3.05, 3.63) is 36.4 Å². The van der Waals surface area contributed by atoms with Gasteiger partial charge in [0.15, 0.2) is 0 Å². The van der Waals surface area contributed by atoms with Gasteiger partial charge in [0.2, 0.25) is 0 Å². The molecule has 0 radical (unpaired) electrons. The maximum Gasteiger partial charge on any atom is 0.320 e. The van der Waals surface area contributed by atoms with E-state index >= 15 is 0 Å². The highest BCUT2D eigenvalue weighted by molar-refractivity contribution is 7.10. The summed E-state index contributed by atoms with van der Waals surface area (Å²) in [6.07, 6.45) is 3.20. The van der Waals surface area contributed by atoms with Gasteiger partial charge < -0.3 is 10.4 Å². The Morgan fingerprint density at radius 3 is 2.77 bits per heavy atom. The van der Waals surface area contributed by atoms with Crippen molar-refractivity contribution >= 4 is 22.6 Å². The molecule has 2 aromatic rings. The van der Waals surface area contributed by atoms with Crippen LogP contribution in [0.2, 0.25) is 0 Å². The largest absolute Gasteiger partial charge is 0.391 e. The molecule has 1 aromatic carbocycles. The van der Waals surface area contributed by atoms with Crippen molar-refractivity contribution in [3.63, 3.8) is 0 Å². The number of amides is 2. The number of carbonyl (C=O) groups is 1.